The Bertz CT molecular complexity index is 715. The smallest absolute Gasteiger partial charge is 0.411 e. The van der Waals surface area contributed by atoms with Gasteiger partial charge in [-0.2, -0.15) is 0 Å². The van der Waals surface area contributed by atoms with Gasteiger partial charge in [-0.05, 0) is 50.8 Å². The summed E-state index contributed by atoms with van der Waals surface area (Å²) < 4.78 is 4.83. The third-order valence-electron chi connectivity index (χ3n) is 3.72. The number of hydrogen-bond acceptors (Lipinski definition) is 4. The Morgan fingerprint density at radius 3 is 2.27 bits per heavy atom. The Morgan fingerprint density at radius 2 is 1.69 bits per heavy atom. The van der Waals surface area contributed by atoms with Crippen LogP contribution in [0.25, 0.3) is 0 Å². The van der Waals surface area contributed by atoms with Crippen molar-refractivity contribution in [3.8, 4) is 0 Å². The molecule has 6 heteroatoms. The second kappa shape index (κ2) is 9.58. The number of carbonyl (C=O) groups is 2. The summed E-state index contributed by atoms with van der Waals surface area (Å²) in [4.78, 5) is 26.1. The van der Waals surface area contributed by atoms with E-state index < -0.39 is 6.09 Å². The Morgan fingerprint density at radius 1 is 1.04 bits per heavy atom. The van der Waals surface area contributed by atoms with Crippen molar-refractivity contribution in [1.29, 1.82) is 0 Å². The first kappa shape index (κ1) is 19.5. The van der Waals surface area contributed by atoms with Gasteiger partial charge in [0.2, 0.25) is 0 Å². The summed E-state index contributed by atoms with van der Waals surface area (Å²) in [5, 5.41) is 5.67. The van der Waals surface area contributed by atoms with Gasteiger partial charge in [0.15, 0.2) is 0 Å². The van der Waals surface area contributed by atoms with Gasteiger partial charge in [-0.3, -0.25) is 10.1 Å². The molecule has 0 spiro atoms. The molecular weight excluding hydrogens is 330 g/mol. The fraction of sp³-hybridized carbons (Fsp3) is 0.300. The zero-order valence-corrected chi connectivity index (χ0v) is 15.4. The van der Waals surface area contributed by atoms with Crippen molar-refractivity contribution in [2.75, 3.05) is 32.6 Å². The number of rotatable bonds is 7. The van der Waals surface area contributed by atoms with Crippen LogP contribution in [0.1, 0.15) is 28.9 Å². The Balaban J connectivity index is 2.05. The van der Waals surface area contributed by atoms with Gasteiger partial charge in [0.05, 0.1) is 12.6 Å². The number of nitrogens with one attached hydrogen (secondary N) is 2. The van der Waals surface area contributed by atoms with Crippen molar-refractivity contribution in [1.82, 2.24) is 10.2 Å². The highest BCUT2D eigenvalue weighted by atomic mass is 16.5. The number of anilines is 1. The average Bonchev–Trinajstić information content (AvgIpc) is 2.62. The third-order valence-corrected chi connectivity index (χ3v) is 3.72. The minimum Gasteiger partial charge on any atom is -0.450 e. The molecule has 0 aromatic heterocycles. The zero-order valence-electron chi connectivity index (χ0n) is 15.4. The summed E-state index contributed by atoms with van der Waals surface area (Å²) >= 11 is 0. The van der Waals surface area contributed by atoms with Gasteiger partial charge in [0, 0.05) is 17.8 Å². The summed E-state index contributed by atoms with van der Waals surface area (Å²) in [6, 6.07) is 16.5. The van der Waals surface area contributed by atoms with Crippen LogP contribution >= 0.6 is 0 Å². The second-order valence-electron chi connectivity index (χ2n) is 6.12. The Hall–Kier alpha value is -2.86. The van der Waals surface area contributed by atoms with E-state index in [0.717, 1.165) is 5.56 Å². The topological polar surface area (TPSA) is 70.7 Å². The van der Waals surface area contributed by atoms with Gasteiger partial charge in [0.1, 0.15) is 0 Å². The first-order valence-electron chi connectivity index (χ1n) is 8.54. The molecule has 0 saturated carbocycles. The highest BCUT2D eigenvalue weighted by Gasteiger charge is 2.16. The van der Waals surface area contributed by atoms with Gasteiger partial charge in [-0.1, -0.05) is 30.3 Å². The number of likely N-dealkylation sites (N-methyl/N-ethyl adjacent to an activating group) is 1. The molecule has 2 aromatic carbocycles. The van der Waals surface area contributed by atoms with Gasteiger partial charge in [0.25, 0.3) is 5.91 Å². The minimum absolute atomic E-state index is 0.115. The molecule has 0 heterocycles. The molecular formula is C20H25N3O3. The lowest BCUT2D eigenvalue weighted by atomic mass is 10.1. The number of amides is 2. The van der Waals surface area contributed by atoms with Crippen LogP contribution in [0.4, 0.5) is 10.5 Å². The van der Waals surface area contributed by atoms with Crippen LogP contribution in [0.15, 0.2) is 54.6 Å². The molecule has 26 heavy (non-hydrogen) atoms. The SMILES string of the molecule is CCOC(=O)Nc1ccc(C(=O)N[C@@H](CN(C)C)c2ccccc2)cc1. The third kappa shape index (κ3) is 5.89. The maximum absolute atomic E-state index is 12.6. The van der Waals surface area contributed by atoms with E-state index in [1.165, 1.54) is 0 Å². The lowest BCUT2D eigenvalue weighted by Crippen LogP contribution is -2.35. The molecule has 2 N–H and O–H groups in total. The number of ether oxygens (including phenoxy) is 1. The summed E-state index contributed by atoms with van der Waals surface area (Å²) in [5.41, 5.74) is 2.15. The van der Waals surface area contributed by atoms with Crippen molar-refractivity contribution in [2.24, 2.45) is 0 Å². The van der Waals surface area contributed by atoms with Crippen LogP contribution in [0.5, 0.6) is 0 Å². The zero-order chi connectivity index (χ0) is 18.9. The van der Waals surface area contributed by atoms with E-state index >= 15 is 0 Å². The normalized spacial score (nSPS) is 11.7. The van der Waals surface area contributed by atoms with E-state index in [-0.39, 0.29) is 11.9 Å². The molecule has 2 amide bonds. The average molecular weight is 355 g/mol. The minimum atomic E-state index is -0.514. The molecule has 2 rings (SSSR count). The van der Waals surface area contributed by atoms with Crippen LogP contribution in [0, 0.1) is 0 Å². The number of benzene rings is 2. The Labute approximate surface area is 154 Å². The molecule has 6 nitrogen and oxygen atoms in total. The molecule has 138 valence electrons. The van der Waals surface area contributed by atoms with E-state index in [1.807, 2.05) is 49.3 Å². The molecule has 0 unspecified atom stereocenters. The van der Waals surface area contributed by atoms with Gasteiger partial charge in [-0.15, -0.1) is 0 Å². The summed E-state index contributed by atoms with van der Waals surface area (Å²) in [5.74, 6) is -0.164. The van der Waals surface area contributed by atoms with Crippen molar-refractivity contribution < 1.29 is 14.3 Å². The maximum Gasteiger partial charge on any atom is 0.411 e. The lowest BCUT2D eigenvalue weighted by Gasteiger charge is -2.23. The monoisotopic (exact) mass is 355 g/mol. The molecule has 2 aromatic rings. The van der Waals surface area contributed by atoms with Gasteiger partial charge >= 0.3 is 6.09 Å². The Kier molecular flexibility index (Phi) is 7.17. The summed E-state index contributed by atoms with van der Waals surface area (Å²) in [6.45, 7) is 2.74. The number of hydrogen-bond donors (Lipinski definition) is 2. The molecule has 0 saturated heterocycles. The fourth-order valence-electron chi connectivity index (χ4n) is 2.52. The molecule has 0 aliphatic rings. The van der Waals surface area contributed by atoms with Crippen molar-refractivity contribution >= 4 is 17.7 Å². The number of carbonyl (C=O) groups excluding carboxylic acids is 2. The fourth-order valence-corrected chi connectivity index (χ4v) is 2.52. The molecule has 0 aliphatic carbocycles. The largest absolute Gasteiger partial charge is 0.450 e. The van der Waals surface area contributed by atoms with Crippen LogP contribution in [-0.4, -0.2) is 44.1 Å². The summed E-state index contributed by atoms with van der Waals surface area (Å²) in [6.07, 6.45) is -0.514. The van der Waals surface area contributed by atoms with Crippen LogP contribution in [-0.2, 0) is 4.74 Å². The molecule has 0 fully saturated rings. The first-order valence-corrected chi connectivity index (χ1v) is 8.54. The lowest BCUT2D eigenvalue weighted by molar-refractivity contribution is 0.0930. The van der Waals surface area contributed by atoms with E-state index in [1.54, 1.807) is 31.2 Å². The molecule has 1 atom stereocenters. The highest BCUT2D eigenvalue weighted by Crippen LogP contribution is 2.16. The van der Waals surface area contributed by atoms with Crippen LogP contribution < -0.4 is 10.6 Å². The molecule has 0 aliphatic heterocycles. The predicted octanol–water partition coefficient (Wildman–Crippen LogP) is 3.29. The first-order chi connectivity index (χ1) is 12.5. The predicted molar refractivity (Wildman–Crippen MR) is 102 cm³/mol. The highest BCUT2D eigenvalue weighted by molar-refractivity contribution is 5.95. The summed E-state index contributed by atoms with van der Waals surface area (Å²) in [7, 11) is 3.94. The van der Waals surface area contributed by atoms with Crippen molar-refractivity contribution in [2.45, 2.75) is 13.0 Å². The molecule has 0 bridgehead atoms. The number of nitrogens with zero attached hydrogens (tertiary/aromatic N) is 1. The van der Waals surface area contributed by atoms with Gasteiger partial charge < -0.3 is 15.0 Å². The van der Waals surface area contributed by atoms with Gasteiger partial charge in [-0.25, -0.2) is 4.79 Å². The van der Waals surface area contributed by atoms with Crippen molar-refractivity contribution in [3.63, 3.8) is 0 Å². The maximum atomic E-state index is 12.6. The quantitative estimate of drug-likeness (QED) is 0.799. The van der Waals surface area contributed by atoms with E-state index in [9.17, 15) is 9.59 Å². The van der Waals surface area contributed by atoms with E-state index in [0.29, 0.717) is 24.4 Å². The van der Waals surface area contributed by atoms with Crippen molar-refractivity contribution in [3.05, 3.63) is 65.7 Å². The molecule has 0 radical (unpaired) electrons. The van der Waals surface area contributed by atoms with E-state index in [2.05, 4.69) is 10.6 Å². The van der Waals surface area contributed by atoms with Crippen LogP contribution in [0.3, 0.4) is 0 Å². The second-order valence-corrected chi connectivity index (χ2v) is 6.12. The standard InChI is InChI=1S/C20H25N3O3/c1-4-26-20(25)21-17-12-10-16(11-13-17)19(24)22-18(14-23(2)3)15-8-6-5-7-9-15/h5-13,18H,4,14H2,1-3H3,(H,21,25)(H,22,24)/t18-/m0/s1. The van der Waals surface area contributed by atoms with E-state index in [4.69, 9.17) is 4.74 Å². The van der Waals surface area contributed by atoms with Crippen LogP contribution in [0.2, 0.25) is 0 Å².